The molecule has 0 saturated heterocycles. The van der Waals surface area contributed by atoms with Crippen molar-refractivity contribution in [3.8, 4) is 0 Å². The Morgan fingerprint density at radius 3 is 2.29 bits per heavy atom. The van der Waals surface area contributed by atoms with Gasteiger partial charge in [-0.3, -0.25) is 4.79 Å². The van der Waals surface area contributed by atoms with E-state index in [4.69, 9.17) is 5.73 Å². The average molecular weight is 354 g/mol. The molecule has 0 aromatic heterocycles. The van der Waals surface area contributed by atoms with Crippen LogP contribution in [0.4, 0.5) is 0 Å². The first-order valence-electron chi connectivity index (χ1n) is 8.79. The second kappa shape index (κ2) is 9.33. The van der Waals surface area contributed by atoms with Crippen LogP contribution < -0.4 is 5.73 Å². The van der Waals surface area contributed by atoms with Gasteiger partial charge in [-0.15, -0.1) is 0 Å². The Morgan fingerprint density at radius 2 is 1.75 bits per heavy atom. The van der Waals surface area contributed by atoms with E-state index in [1.165, 1.54) is 6.07 Å². The zero-order valence-corrected chi connectivity index (χ0v) is 16.2. The van der Waals surface area contributed by atoms with Crippen LogP contribution in [0.2, 0.25) is 0 Å². The van der Waals surface area contributed by atoms with Gasteiger partial charge in [0.2, 0.25) is 0 Å². The van der Waals surface area contributed by atoms with Gasteiger partial charge in [-0.05, 0) is 36.1 Å². The molecule has 0 unspecified atom stereocenters. The summed E-state index contributed by atoms with van der Waals surface area (Å²) in [6, 6.07) is 4.72. The smallest absolute Gasteiger partial charge is 0.178 e. The number of ketones is 1. The van der Waals surface area contributed by atoms with Crippen molar-refractivity contribution in [3.05, 3.63) is 29.3 Å². The van der Waals surface area contributed by atoms with Gasteiger partial charge >= 0.3 is 0 Å². The number of hydrogen-bond acceptors (Lipinski definition) is 4. The molecule has 0 spiro atoms. The van der Waals surface area contributed by atoms with E-state index in [0.717, 1.165) is 19.3 Å². The van der Waals surface area contributed by atoms with Gasteiger partial charge in [0.05, 0.1) is 10.6 Å². The van der Waals surface area contributed by atoms with Crippen molar-refractivity contribution in [3.63, 3.8) is 0 Å². The van der Waals surface area contributed by atoms with Crippen LogP contribution in [-0.2, 0) is 16.4 Å². The summed E-state index contributed by atoms with van der Waals surface area (Å²) < 4.78 is 25.0. The van der Waals surface area contributed by atoms with Gasteiger partial charge in [0, 0.05) is 18.0 Å². The molecule has 0 radical (unpaired) electrons. The summed E-state index contributed by atoms with van der Waals surface area (Å²) >= 11 is 0. The first-order chi connectivity index (χ1) is 11.2. The topological polar surface area (TPSA) is 77.2 Å². The lowest BCUT2D eigenvalue weighted by atomic mass is 9.96. The Bertz CT molecular complexity index is 649. The molecule has 0 aliphatic carbocycles. The van der Waals surface area contributed by atoms with Crippen molar-refractivity contribution >= 4 is 15.6 Å². The maximum Gasteiger partial charge on any atom is 0.178 e. The Balaban J connectivity index is 2.83. The van der Waals surface area contributed by atoms with Gasteiger partial charge in [-0.25, -0.2) is 8.42 Å². The van der Waals surface area contributed by atoms with E-state index in [1.54, 1.807) is 12.1 Å². The molecule has 0 atom stereocenters. The fourth-order valence-corrected chi connectivity index (χ4v) is 4.04. The highest BCUT2D eigenvalue weighted by molar-refractivity contribution is 7.91. The van der Waals surface area contributed by atoms with Crippen LogP contribution in [0, 0.1) is 11.8 Å². The van der Waals surface area contributed by atoms with Crippen LogP contribution in [0.15, 0.2) is 23.1 Å². The standard InChI is InChI=1S/C19H31NO3S/c1-14(2)8-6-5-7-11-24(22,23)17-9-10-18(16(12-17)13-20)19(21)15(3)4/h9-10,12,14-15H,5-8,11,13,20H2,1-4H3. The molecule has 0 heterocycles. The van der Waals surface area contributed by atoms with E-state index in [-0.39, 0.29) is 28.9 Å². The maximum atomic E-state index is 12.5. The number of Topliss-reactive ketones (excluding diaryl/α,β-unsaturated/α-hetero) is 1. The largest absolute Gasteiger partial charge is 0.326 e. The third kappa shape index (κ3) is 6.02. The van der Waals surface area contributed by atoms with Crippen molar-refractivity contribution in [1.29, 1.82) is 0 Å². The van der Waals surface area contributed by atoms with E-state index in [0.29, 0.717) is 23.5 Å². The Morgan fingerprint density at radius 1 is 1.08 bits per heavy atom. The summed E-state index contributed by atoms with van der Waals surface area (Å²) in [5.41, 5.74) is 6.86. The van der Waals surface area contributed by atoms with Gasteiger partial charge in [-0.2, -0.15) is 0 Å². The zero-order valence-electron chi connectivity index (χ0n) is 15.3. The first kappa shape index (κ1) is 20.8. The van der Waals surface area contributed by atoms with Gasteiger partial charge < -0.3 is 5.73 Å². The summed E-state index contributed by atoms with van der Waals surface area (Å²) in [7, 11) is -3.32. The maximum absolute atomic E-state index is 12.5. The van der Waals surface area contributed by atoms with Gasteiger partial charge in [-0.1, -0.05) is 47.0 Å². The number of nitrogens with two attached hydrogens (primary N) is 1. The molecular weight excluding hydrogens is 322 g/mol. The summed E-state index contributed by atoms with van der Waals surface area (Å²) in [5.74, 6) is 0.651. The summed E-state index contributed by atoms with van der Waals surface area (Å²) in [6.07, 6.45) is 3.78. The molecule has 1 rings (SSSR count). The molecule has 0 amide bonds. The Hall–Kier alpha value is -1.20. The molecule has 0 aliphatic heterocycles. The van der Waals surface area contributed by atoms with Crippen molar-refractivity contribution in [1.82, 2.24) is 0 Å². The van der Waals surface area contributed by atoms with Gasteiger partial charge in [0.15, 0.2) is 15.6 Å². The van der Waals surface area contributed by atoms with Crippen LogP contribution in [0.5, 0.6) is 0 Å². The van der Waals surface area contributed by atoms with Crippen molar-refractivity contribution in [2.45, 2.75) is 64.8 Å². The van der Waals surface area contributed by atoms with Crippen LogP contribution in [0.1, 0.15) is 69.3 Å². The predicted molar refractivity (Wildman–Crippen MR) is 98.9 cm³/mol. The quantitative estimate of drug-likeness (QED) is 0.510. The lowest BCUT2D eigenvalue weighted by Gasteiger charge is -2.12. The van der Waals surface area contributed by atoms with E-state index < -0.39 is 9.84 Å². The molecule has 1 aromatic rings. The van der Waals surface area contributed by atoms with Crippen molar-refractivity contribution in [2.75, 3.05) is 5.75 Å². The highest BCUT2D eigenvalue weighted by Crippen LogP contribution is 2.21. The molecule has 0 fully saturated rings. The molecule has 0 aliphatic rings. The molecule has 0 bridgehead atoms. The monoisotopic (exact) mass is 353 g/mol. The number of carbonyl (C=O) groups is 1. The molecule has 136 valence electrons. The Labute approximate surface area is 146 Å². The minimum Gasteiger partial charge on any atom is -0.326 e. The fraction of sp³-hybridized carbons (Fsp3) is 0.632. The SMILES string of the molecule is CC(C)CCCCCS(=O)(=O)c1ccc(C(=O)C(C)C)c(CN)c1. The first-order valence-corrected chi connectivity index (χ1v) is 10.4. The lowest BCUT2D eigenvalue weighted by molar-refractivity contribution is 0.0938. The normalized spacial score (nSPS) is 12.1. The van der Waals surface area contributed by atoms with Crippen LogP contribution in [0.25, 0.3) is 0 Å². The number of sulfone groups is 1. The number of hydrogen-bond donors (Lipinski definition) is 1. The summed E-state index contributed by atoms with van der Waals surface area (Å²) in [6.45, 7) is 8.15. The van der Waals surface area contributed by atoms with Crippen molar-refractivity contribution in [2.24, 2.45) is 17.6 Å². The van der Waals surface area contributed by atoms with Gasteiger partial charge in [0.25, 0.3) is 0 Å². The number of unbranched alkanes of at least 4 members (excludes halogenated alkanes) is 2. The fourth-order valence-electron chi connectivity index (χ4n) is 2.62. The third-order valence-corrected chi connectivity index (χ3v) is 5.94. The van der Waals surface area contributed by atoms with E-state index in [2.05, 4.69) is 13.8 Å². The molecule has 2 N–H and O–H groups in total. The minimum atomic E-state index is -3.32. The second-order valence-corrected chi connectivity index (χ2v) is 9.21. The average Bonchev–Trinajstić information content (AvgIpc) is 2.52. The predicted octanol–water partition coefficient (Wildman–Crippen LogP) is 3.97. The van der Waals surface area contributed by atoms with E-state index >= 15 is 0 Å². The van der Waals surface area contributed by atoms with E-state index in [1.807, 2.05) is 13.8 Å². The summed E-state index contributed by atoms with van der Waals surface area (Å²) in [4.78, 5) is 12.4. The van der Waals surface area contributed by atoms with Crippen LogP contribution in [0.3, 0.4) is 0 Å². The van der Waals surface area contributed by atoms with Gasteiger partial charge in [0.1, 0.15) is 0 Å². The molecule has 24 heavy (non-hydrogen) atoms. The molecule has 1 aromatic carbocycles. The number of rotatable bonds is 10. The lowest BCUT2D eigenvalue weighted by Crippen LogP contribution is -2.14. The molecule has 0 saturated carbocycles. The number of carbonyl (C=O) groups excluding carboxylic acids is 1. The number of benzene rings is 1. The second-order valence-electron chi connectivity index (χ2n) is 7.10. The van der Waals surface area contributed by atoms with Crippen LogP contribution >= 0.6 is 0 Å². The Kier molecular flexibility index (Phi) is 8.10. The minimum absolute atomic E-state index is 0.00640. The highest BCUT2D eigenvalue weighted by Gasteiger charge is 2.19. The molecular formula is C19H31NO3S. The third-order valence-electron chi connectivity index (χ3n) is 4.14. The zero-order chi connectivity index (χ0) is 18.3. The van der Waals surface area contributed by atoms with Crippen LogP contribution in [-0.4, -0.2) is 20.0 Å². The summed E-state index contributed by atoms with van der Waals surface area (Å²) in [5, 5.41) is 0. The van der Waals surface area contributed by atoms with E-state index in [9.17, 15) is 13.2 Å². The van der Waals surface area contributed by atoms with Crippen molar-refractivity contribution < 1.29 is 13.2 Å². The molecule has 5 heteroatoms. The highest BCUT2D eigenvalue weighted by atomic mass is 32.2. The molecule has 4 nitrogen and oxygen atoms in total.